The predicted molar refractivity (Wildman–Crippen MR) is 76.0 cm³/mol. The SMILES string of the molecule is CCN(C(=O)C1CCS(=O)(=O)C1)c1cccc(C)c1. The standard InChI is InChI=1S/C14H19NO3S/c1-3-15(13-6-4-5-11(2)9-13)14(16)12-7-8-19(17,18)10-12/h4-6,9,12H,3,7-8,10H2,1-2H3. The van der Waals surface area contributed by atoms with Gasteiger partial charge in [0, 0.05) is 12.2 Å². The maximum Gasteiger partial charge on any atom is 0.231 e. The lowest BCUT2D eigenvalue weighted by Gasteiger charge is -2.24. The van der Waals surface area contributed by atoms with Crippen molar-refractivity contribution in [1.29, 1.82) is 0 Å². The molecule has 1 aromatic carbocycles. The van der Waals surface area contributed by atoms with Gasteiger partial charge in [0.05, 0.1) is 17.4 Å². The van der Waals surface area contributed by atoms with Crippen LogP contribution in [0, 0.1) is 12.8 Å². The Morgan fingerprint density at radius 3 is 2.68 bits per heavy atom. The number of carbonyl (C=O) groups excluding carboxylic acids is 1. The Hall–Kier alpha value is -1.36. The highest BCUT2D eigenvalue weighted by Gasteiger charge is 2.35. The van der Waals surface area contributed by atoms with Gasteiger partial charge in [-0.3, -0.25) is 4.79 Å². The summed E-state index contributed by atoms with van der Waals surface area (Å²) in [6.45, 7) is 4.43. The van der Waals surface area contributed by atoms with E-state index in [2.05, 4.69) is 0 Å². The van der Waals surface area contributed by atoms with Crippen molar-refractivity contribution in [3.63, 3.8) is 0 Å². The lowest BCUT2D eigenvalue weighted by molar-refractivity contribution is -0.121. The number of hydrogen-bond donors (Lipinski definition) is 0. The number of carbonyl (C=O) groups is 1. The largest absolute Gasteiger partial charge is 0.312 e. The summed E-state index contributed by atoms with van der Waals surface area (Å²) >= 11 is 0. The van der Waals surface area contributed by atoms with Crippen molar-refractivity contribution in [2.45, 2.75) is 20.3 Å². The maximum absolute atomic E-state index is 12.4. The van der Waals surface area contributed by atoms with E-state index in [1.54, 1.807) is 4.90 Å². The van der Waals surface area contributed by atoms with E-state index in [-0.39, 0.29) is 23.3 Å². The number of nitrogens with zero attached hydrogens (tertiary/aromatic N) is 1. The van der Waals surface area contributed by atoms with Gasteiger partial charge in [0.2, 0.25) is 5.91 Å². The minimum absolute atomic E-state index is 0.00580. The first-order valence-corrected chi connectivity index (χ1v) is 8.33. The monoisotopic (exact) mass is 281 g/mol. The van der Waals surface area contributed by atoms with Crippen LogP contribution in [0.1, 0.15) is 18.9 Å². The van der Waals surface area contributed by atoms with Gasteiger partial charge in [-0.1, -0.05) is 12.1 Å². The summed E-state index contributed by atoms with van der Waals surface area (Å²) in [7, 11) is -3.02. The fourth-order valence-corrected chi connectivity index (χ4v) is 4.20. The molecule has 1 unspecified atom stereocenters. The molecule has 1 aliphatic heterocycles. The van der Waals surface area contributed by atoms with Crippen molar-refractivity contribution < 1.29 is 13.2 Å². The summed E-state index contributed by atoms with van der Waals surface area (Å²) in [4.78, 5) is 14.1. The third kappa shape index (κ3) is 3.15. The molecule has 0 radical (unpaired) electrons. The van der Waals surface area contributed by atoms with E-state index in [0.717, 1.165) is 11.3 Å². The Balaban J connectivity index is 2.21. The predicted octanol–water partition coefficient (Wildman–Crippen LogP) is 1.78. The van der Waals surface area contributed by atoms with Gasteiger partial charge in [-0.05, 0) is 38.0 Å². The molecule has 0 aromatic heterocycles. The molecule has 1 amide bonds. The summed E-state index contributed by atoms with van der Waals surface area (Å²) < 4.78 is 23.0. The molecule has 1 fully saturated rings. The molecule has 104 valence electrons. The second-order valence-corrected chi connectivity index (χ2v) is 7.25. The van der Waals surface area contributed by atoms with E-state index in [4.69, 9.17) is 0 Å². The van der Waals surface area contributed by atoms with Crippen LogP contribution in [0.25, 0.3) is 0 Å². The first-order chi connectivity index (χ1) is 8.93. The van der Waals surface area contributed by atoms with E-state index in [0.29, 0.717) is 13.0 Å². The van der Waals surface area contributed by atoms with Crippen molar-refractivity contribution in [2.75, 3.05) is 23.0 Å². The topological polar surface area (TPSA) is 54.5 Å². The van der Waals surface area contributed by atoms with Crippen LogP contribution in [0.15, 0.2) is 24.3 Å². The highest BCUT2D eigenvalue weighted by atomic mass is 32.2. The molecule has 1 aromatic rings. The van der Waals surface area contributed by atoms with Crippen molar-refractivity contribution in [2.24, 2.45) is 5.92 Å². The quantitative estimate of drug-likeness (QED) is 0.848. The fourth-order valence-electron chi connectivity index (χ4n) is 2.47. The molecule has 0 aliphatic carbocycles. The third-order valence-corrected chi connectivity index (χ3v) is 5.25. The van der Waals surface area contributed by atoms with Gasteiger partial charge < -0.3 is 4.90 Å². The van der Waals surface area contributed by atoms with Crippen LogP contribution < -0.4 is 4.90 Å². The molecule has 19 heavy (non-hydrogen) atoms. The van der Waals surface area contributed by atoms with Gasteiger partial charge in [0.1, 0.15) is 0 Å². The van der Waals surface area contributed by atoms with Crippen molar-refractivity contribution >= 4 is 21.4 Å². The highest BCUT2D eigenvalue weighted by molar-refractivity contribution is 7.91. The van der Waals surface area contributed by atoms with E-state index in [1.165, 1.54) is 0 Å². The zero-order chi connectivity index (χ0) is 14.0. The summed E-state index contributed by atoms with van der Waals surface area (Å²) in [6, 6.07) is 7.72. The molecule has 1 saturated heterocycles. The van der Waals surface area contributed by atoms with E-state index in [9.17, 15) is 13.2 Å². The summed E-state index contributed by atoms with van der Waals surface area (Å²) in [6.07, 6.45) is 0.448. The molecule has 1 aliphatic rings. The summed E-state index contributed by atoms with van der Waals surface area (Å²) in [5, 5.41) is 0. The number of benzene rings is 1. The van der Waals surface area contributed by atoms with E-state index < -0.39 is 9.84 Å². The molecule has 0 saturated carbocycles. The third-order valence-electron chi connectivity index (χ3n) is 3.48. The Bertz CT molecular complexity index is 580. The van der Waals surface area contributed by atoms with Crippen LogP contribution in [0.5, 0.6) is 0 Å². The number of aryl methyl sites for hydroxylation is 1. The minimum atomic E-state index is -3.02. The van der Waals surface area contributed by atoms with Gasteiger partial charge in [-0.2, -0.15) is 0 Å². The number of anilines is 1. The van der Waals surface area contributed by atoms with Crippen LogP contribution in [0.3, 0.4) is 0 Å². The molecule has 0 bridgehead atoms. The normalized spacial score (nSPS) is 21.3. The molecular weight excluding hydrogens is 262 g/mol. The second-order valence-electron chi connectivity index (χ2n) is 5.02. The molecular formula is C14H19NO3S. The van der Waals surface area contributed by atoms with Crippen LogP contribution >= 0.6 is 0 Å². The van der Waals surface area contributed by atoms with Crippen LogP contribution in [-0.2, 0) is 14.6 Å². The summed E-state index contributed by atoms with van der Waals surface area (Å²) in [5.74, 6) is -0.331. The Labute approximate surface area is 114 Å². The van der Waals surface area contributed by atoms with Gasteiger partial charge in [-0.15, -0.1) is 0 Å². The lowest BCUT2D eigenvalue weighted by atomic mass is 10.1. The van der Waals surface area contributed by atoms with Crippen molar-refractivity contribution in [1.82, 2.24) is 0 Å². The molecule has 4 nitrogen and oxygen atoms in total. The van der Waals surface area contributed by atoms with Crippen LogP contribution in [0.2, 0.25) is 0 Å². The first kappa shape index (κ1) is 14.1. The number of sulfone groups is 1. The van der Waals surface area contributed by atoms with Gasteiger partial charge in [0.25, 0.3) is 0 Å². The van der Waals surface area contributed by atoms with Gasteiger partial charge in [0.15, 0.2) is 9.84 Å². The van der Waals surface area contributed by atoms with Crippen LogP contribution in [0.4, 0.5) is 5.69 Å². The zero-order valence-electron chi connectivity index (χ0n) is 11.3. The number of rotatable bonds is 3. The molecule has 1 heterocycles. The molecule has 1 atom stereocenters. The Morgan fingerprint density at radius 1 is 1.42 bits per heavy atom. The number of hydrogen-bond acceptors (Lipinski definition) is 3. The molecule has 2 rings (SSSR count). The van der Waals surface area contributed by atoms with E-state index >= 15 is 0 Å². The first-order valence-electron chi connectivity index (χ1n) is 6.51. The van der Waals surface area contributed by atoms with Gasteiger partial charge in [-0.25, -0.2) is 8.42 Å². The second kappa shape index (κ2) is 5.33. The van der Waals surface area contributed by atoms with Crippen molar-refractivity contribution in [3.8, 4) is 0 Å². The lowest BCUT2D eigenvalue weighted by Crippen LogP contribution is -2.36. The highest BCUT2D eigenvalue weighted by Crippen LogP contribution is 2.24. The molecule has 0 spiro atoms. The zero-order valence-corrected chi connectivity index (χ0v) is 12.1. The smallest absolute Gasteiger partial charge is 0.231 e. The molecule has 5 heteroatoms. The van der Waals surface area contributed by atoms with Crippen LogP contribution in [-0.4, -0.2) is 32.4 Å². The average Bonchev–Trinajstić information content (AvgIpc) is 2.71. The number of amides is 1. The Morgan fingerprint density at radius 2 is 2.16 bits per heavy atom. The average molecular weight is 281 g/mol. The van der Waals surface area contributed by atoms with Gasteiger partial charge >= 0.3 is 0 Å². The fraction of sp³-hybridized carbons (Fsp3) is 0.500. The summed E-state index contributed by atoms with van der Waals surface area (Å²) in [5.41, 5.74) is 1.93. The maximum atomic E-state index is 12.4. The van der Waals surface area contributed by atoms with Crippen molar-refractivity contribution in [3.05, 3.63) is 29.8 Å². The Kier molecular flexibility index (Phi) is 3.94. The minimum Gasteiger partial charge on any atom is -0.312 e. The molecule has 0 N–H and O–H groups in total. The van der Waals surface area contributed by atoms with E-state index in [1.807, 2.05) is 38.1 Å².